The maximum absolute atomic E-state index is 14.1. The van der Waals surface area contributed by atoms with E-state index in [1.54, 1.807) is 6.26 Å². The number of fused-ring (bicyclic) bond motifs is 1. The Morgan fingerprint density at radius 2 is 2.08 bits per heavy atom. The summed E-state index contributed by atoms with van der Waals surface area (Å²) in [7, 11) is 1.87. The normalized spacial score (nSPS) is 34.3. The summed E-state index contributed by atoms with van der Waals surface area (Å²) in [6, 6.07) is 4.51. The van der Waals surface area contributed by atoms with Crippen LogP contribution in [0.2, 0.25) is 0 Å². The number of rotatable bonds is 3. The Balaban J connectivity index is 0.000000948. The number of nitrogens with one attached hydrogen (secondary N) is 2. The van der Waals surface area contributed by atoms with Crippen molar-refractivity contribution in [2.75, 3.05) is 39.5 Å². The fourth-order valence-corrected chi connectivity index (χ4v) is 4.69. The molecule has 0 amide bonds. The van der Waals surface area contributed by atoms with Gasteiger partial charge in [0, 0.05) is 30.2 Å². The van der Waals surface area contributed by atoms with Crippen LogP contribution >= 0.6 is 12.6 Å². The van der Waals surface area contributed by atoms with Gasteiger partial charge in [-0.25, -0.2) is 8.78 Å². The third-order valence-electron chi connectivity index (χ3n) is 5.95. The Morgan fingerprint density at radius 3 is 2.85 bits per heavy atom. The highest BCUT2D eigenvalue weighted by molar-refractivity contribution is 7.79. The number of hydrogen-bond acceptors (Lipinski definition) is 5. The molecular weight excluding hydrogens is 356 g/mol. The standard InChI is InChI=1S/C18H25F2N3O.CH4S/c1-21-16-7-13(23-5-4-11-8-22-9-17(11)23)10-24-18(16)14-6-12(19)2-3-15(14)20;1-2/h2-3,6,11,13,16-18,21-22H,4-5,7-10H2,1H3;2H,1H3/t11?,13?,16?,17?,18-;/m1./s1. The van der Waals surface area contributed by atoms with Gasteiger partial charge in [0.1, 0.15) is 17.7 Å². The van der Waals surface area contributed by atoms with Gasteiger partial charge in [-0.15, -0.1) is 0 Å². The van der Waals surface area contributed by atoms with Gasteiger partial charge in [-0.05, 0) is 63.4 Å². The van der Waals surface area contributed by atoms with Gasteiger partial charge in [-0.3, -0.25) is 4.90 Å². The third-order valence-corrected chi connectivity index (χ3v) is 5.95. The van der Waals surface area contributed by atoms with Gasteiger partial charge in [-0.1, -0.05) is 0 Å². The molecule has 0 aromatic heterocycles. The molecule has 146 valence electrons. The van der Waals surface area contributed by atoms with E-state index in [0.717, 1.165) is 38.0 Å². The van der Waals surface area contributed by atoms with Gasteiger partial charge < -0.3 is 15.4 Å². The van der Waals surface area contributed by atoms with E-state index in [1.807, 2.05) is 7.05 Å². The third kappa shape index (κ3) is 3.92. The largest absolute Gasteiger partial charge is 0.370 e. The van der Waals surface area contributed by atoms with Crippen LogP contribution < -0.4 is 10.6 Å². The van der Waals surface area contributed by atoms with E-state index in [9.17, 15) is 8.78 Å². The highest BCUT2D eigenvalue weighted by Crippen LogP contribution is 2.36. The second kappa shape index (κ2) is 8.97. The first-order valence-corrected chi connectivity index (χ1v) is 10.2. The Bertz CT molecular complexity index is 606. The number of likely N-dealkylation sites (N-methyl/N-ethyl adjacent to an activating group) is 1. The number of thiol groups is 1. The van der Waals surface area contributed by atoms with Crippen molar-refractivity contribution in [1.29, 1.82) is 0 Å². The van der Waals surface area contributed by atoms with Gasteiger partial charge in [0.15, 0.2) is 0 Å². The first-order valence-electron chi connectivity index (χ1n) is 9.32. The first-order chi connectivity index (χ1) is 12.7. The predicted molar refractivity (Wildman–Crippen MR) is 103 cm³/mol. The summed E-state index contributed by atoms with van der Waals surface area (Å²) in [6.45, 7) is 3.84. The van der Waals surface area contributed by atoms with Crippen LogP contribution in [0.15, 0.2) is 18.2 Å². The summed E-state index contributed by atoms with van der Waals surface area (Å²) >= 11 is 3.53. The van der Waals surface area contributed by atoms with Crippen molar-refractivity contribution >= 4 is 12.6 Å². The van der Waals surface area contributed by atoms with E-state index >= 15 is 0 Å². The van der Waals surface area contributed by atoms with E-state index in [0.29, 0.717) is 24.3 Å². The van der Waals surface area contributed by atoms with Crippen molar-refractivity contribution in [3.05, 3.63) is 35.4 Å². The van der Waals surface area contributed by atoms with Crippen molar-refractivity contribution < 1.29 is 13.5 Å². The molecule has 4 unspecified atom stereocenters. The molecule has 3 aliphatic rings. The Kier molecular flexibility index (Phi) is 6.91. The molecule has 0 bridgehead atoms. The molecule has 4 rings (SSSR count). The summed E-state index contributed by atoms with van der Waals surface area (Å²) in [5.74, 6) is -0.0795. The lowest BCUT2D eigenvalue weighted by Crippen LogP contribution is -2.52. The van der Waals surface area contributed by atoms with E-state index < -0.39 is 17.7 Å². The fourth-order valence-electron chi connectivity index (χ4n) is 4.69. The molecule has 1 aromatic rings. The maximum Gasteiger partial charge on any atom is 0.129 e. The second-order valence-electron chi connectivity index (χ2n) is 7.22. The molecule has 0 radical (unpaired) electrons. The molecule has 26 heavy (non-hydrogen) atoms. The predicted octanol–water partition coefficient (Wildman–Crippen LogP) is 2.22. The average Bonchev–Trinajstić information content (AvgIpc) is 3.29. The molecule has 3 saturated heterocycles. The van der Waals surface area contributed by atoms with Gasteiger partial charge >= 0.3 is 0 Å². The number of hydrogen-bond donors (Lipinski definition) is 3. The molecule has 2 N–H and O–H groups in total. The minimum absolute atomic E-state index is 0.0199. The van der Waals surface area contributed by atoms with Gasteiger partial charge in [0.2, 0.25) is 0 Å². The molecule has 3 fully saturated rings. The number of benzene rings is 1. The topological polar surface area (TPSA) is 36.5 Å². The molecule has 5 atom stereocenters. The Hall–Kier alpha value is -0.730. The number of halogens is 2. The zero-order chi connectivity index (χ0) is 18.7. The summed E-state index contributed by atoms with van der Waals surface area (Å²) < 4.78 is 33.7. The number of nitrogens with zero attached hydrogens (tertiary/aromatic N) is 1. The van der Waals surface area contributed by atoms with Crippen LogP contribution in [-0.4, -0.2) is 62.6 Å². The maximum atomic E-state index is 14.1. The molecule has 3 heterocycles. The molecule has 0 aliphatic carbocycles. The van der Waals surface area contributed by atoms with Crippen molar-refractivity contribution in [2.45, 2.75) is 37.1 Å². The van der Waals surface area contributed by atoms with Crippen LogP contribution in [0.3, 0.4) is 0 Å². The lowest BCUT2D eigenvalue weighted by Gasteiger charge is -2.42. The van der Waals surface area contributed by atoms with Crippen molar-refractivity contribution in [3.8, 4) is 0 Å². The summed E-state index contributed by atoms with van der Waals surface area (Å²) in [6.07, 6.45) is 3.38. The minimum atomic E-state index is -0.443. The van der Waals surface area contributed by atoms with E-state index in [-0.39, 0.29) is 6.04 Å². The zero-order valence-corrected chi connectivity index (χ0v) is 16.3. The number of likely N-dealkylation sites (tertiary alicyclic amines) is 1. The summed E-state index contributed by atoms with van der Waals surface area (Å²) in [4.78, 5) is 2.56. The summed E-state index contributed by atoms with van der Waals surface area (Å²) in [5.41, 5.74) is 0.314. The highest BCUT2D eigenvalue weighted by Gasteiger charge is 2.44. The Morgan fingerprint density at radius 1 is 1.27 bits per heavy atom. The minimum Gasteiger partial charge on any atom is -0.370 e. The first kappa shape index (κ1) is 20.0. The summed E-state index contributed by atoms with van der Waals surface area (Å²) in [5, 5.41) is 6.73. The lowest BCUT2D eigenvalue weighted by atomic mass is 9.92. The van der Waals surface area contributed by atoms with Crippen LogP contribution in [0.1, 0.15) is 24.5 Å². The van der Waals surface area contributed by atoms with E-state index in [2.05, 4.69) is 28.2 Å². The van der Waals surface area contributed by atoms with Gasteiger partial charge in [0.05, 0.1) is 6.61 Å². The highest BCUT2D eigenvalue weighted by atomic mass is 32.1. The van der Waals surface area contributed by atoms with E-state index in [4.69, 9.17) is 4.74 Å². The molecular formula is C19H29F2N3OS. The molecule has 0 saturated carbocycles. The van der Waals surface area contributed by atoms with Crippen LogP contribution in [0.5, 0.6) is 0 Å². The zero-order valence-electron chi connectivity index (χ0n) is 15.4. The number of ether oxygens (including phenoxy) is 1. The molecule has 0 spiro atoms. The monoisotopic (exact) mass is 385 g/mol. The Labute approximate surface area is 160 Å². The van der Waals surface area contributed by atoms with Gasteiger partial charge in [-0.2, -0.15) is 12.6 Å². The van der Waals surface area contributed by atoms with Crippen molar-refractivity contribution in [1.82, 2.24) is 15.5 Å². The van der Waals surface area contributed by atoms with Crippen LogP contribution in [-0.2, 0) is 4.74 Å². The van der Waals surface area contributed by atoms with Crippen LogP contribution in [0, 0.1) is 17.6 Å². The van der Waals surface area contributed by atoms with Gasteiger partial charge in [0.25, 0.3) is 0 Å². The lowest BCUT2D eigenvalue weighted by molar-refractivity contribution is -0.0611. The van der Waals surface area contributed by atoms with Crippen LogP contribution in [0.25, 0.3) is 0 Å². The van der Waals surface area contributed by atoms with Crippen molar-refractivity contribution in [2.24, 2.45) is 5.92 Å². The molecule has 4 nitrogen and oxygen atoms in total. The van der Waals surface area contributed by atoms with Crippen molar-refractivity contribution in [3.63, 3.8) is 0 Å². The molecule has 7 heteroatoms. The van der Waals surface area contributed by atoms with E-state index in [1.165, 1.54) is 18.6 Å². The average molecular weight is 386 g/mol. The SMILES string of the molecule is CNC1CC(N2CCC3CNCC32)CO[C@@H]1c1cc(F)ccc1F.CS. The second-order valence-corrected chi connectivity index (χ2v) is 7.22. The van der Waals surface area contributed by atoms with Crippen LogP contribution in [0.4, 0.5) is 8.78 Å². The molecule has 1 aromatic carbocycles. The smallest absolute Gasteiger partial charge is 0.129 e. The quantitative estimate of drug-likeness (QED) is 0.698. The fraction of sp³-hybridized carbons (Fsp3) is 0.684. The molecule has 3 aliphatic heterocycles.